The molecule has 1 fully saturated rings. The highest BCUT2D eigenvalue weighted by atomic mass is 35.5. The Labute approximate surface area is 173 Å². The zero-order valence-corrected chi connectivity index (χ0v) is 17.2. The van der Waals surface area contributed by atoms with Crippen LogP contribution in [0.4, 0.5) is 5.69 Å². The molecule has 0 saturated heterocycles. The fraction of sp³-hybridized carbons (Fsp3) is 0.333. The molecular weight excluding hydrogens is 401 g/mol. The summed E-state index contributed by atoms with van der Waals surface area (Å²) in [6, 6.07) is 10.1. The van der Waals surface area contributed by atoms with Crippen molar-refractivity contribution in [1.29, 1.82) is 0 Å². The van der Waals surface area contributed by atoms with Crippen LogP contribution in [0.15, 0.2) is 36.4 Å². The lowest BCUT2D eigenvalue weighted by atomic mass is 9.78. The lowest BCUT2D eigenvalue weighted by Gasteiger charge is -2.29. The van der Waals surface area contributed by atoms with Gasteiger partial charge in [0.15, 0.2) is 0 Å². The number of esters is 1. The molecule has 0 heterocycles. The maximum Gasteiger partial charge on any atom is 0.341 e. The van der Waals surface area contributed by atoms with E-state index in [0.29, 0.717) is 34.3 Å². The van der Waals surface area contributed by atoms with E-state index in [4.69, 9.17) is 32.7 Å². The number of rotatable bonds is 5. The molecule has 1 saturated carbocycles. The van der Waals surface area contributed by atoms with E-state index in [0.717, 1.165) is 18.4 Å². The predicted molar refractivity (Wildman–Crippen MR) is 110 cm³/mol. The van der Waals surface area contributed by atoms with E-state index in [-0.39, 0.29) is 11.5 Å². The first kappa shape index (κ1) is 20.5. The van der Waals surface area contributed by atoms with Crippen molar-refractivity contribution in [3.8, 4) is 5.75 Å². The first-order valence-electron chi connectivity index (χ1n) is 8.94. The van der Waals surface area contributed by atoms with Crippen LogP contribution in [-0.4, -0.2) is 26.1 Å². The molecule has 2 aromatic rings. The third kappa shape index (κ3) is 3.82. The zero-order valence-electron chi connectivity index (χ0n) is 15.7. The Kier molecular flexibility index (Phi) is 6.16. The van der Waals surface area contributed by atoms with Gasteiger partial charge >= 0.3 is 5.97 Å². The van der Waals surface area contributed by atoms with E-state index >= 15 is 0 Å². The maximum absolute atomic E-state index is 13.3. The molecule has 1 N–H and O–H groups in total. The van der Waals surface area contributed by atoms with Gasteiger partial charge in [0.2, 0.25) is 5.91 Å². The fourth-order valence-corrected chi connectivity index (χ4v) is 4.37. The molecule has 0 atom stereocenters. The van der Waals surface area contributed by atoms with Gasteiger partial charge in [-0.25, -0.2) is 4.79 Å². The second-order valence-corrected chi connectivity index (χ2v) is 7.62. The van der Waals surface area contributed by atoms with Gasteiger partial charge in [-0.1, -0.05) is 42.1 Å². The lowest BCUT2D eigenvalue weighted by Crippen LogP contribution is -2.38. The lowest BCUT2D eigenvalue weighted by molar-refractivity contribution is -0.121. The van der Waals surface area contributed by atoms with Gasteiger partial charge in [-0.3, -0.25) is 4.79 Å². The third-order valence-electron chi connectivity index (χ3n) is 5.20. The Balaban J connectivity index is 1.95. The van der Waals surface area contributed by atoms with Crippen molar-refractivity contribution in [2.75, 3.05) is 19.5 Å². The van der Waals surface area contributed by atoms with Crippen LogP contribution >= 0.6 is 23.2 Å². The van der Waals surface area contributed by atoms with Gasteiger partial charge in [-0.2, -0.15) is 0 Å². The molecule has 0 aliphatic heterocycles. The summed E-state index contributed by atoms with van der Waals surface area (Å²) in [5.41, 5.74) is 0.776. The van der Waals surface area contributed by atoms with Crippen molar-refractivity contribution >= 4 is 40.8 Å². The van der Waals surface area contributed by atoms with E-state index in [1.54, 1.807) is 30.3 Å². The topological polar surface area (TPSA) is 64.6 Å². The number of halogens is 2. The van der Waals surface area contributed by atoms with Crippen LogP contribution in [0.5, 0.6) is 5.75 Å². The Hall–Kier alpha value is -2.24. The Morgan fingerprint density at radius 3 is 2.36 bits per heavy atom. The van der Waals surface area contributed by atoms with Crippen LogP contribution in [0.2, 0.25) is 10.0 Å². The maximum atomic E-state index is 13.3. The van der Waals surface area contributed by atoms with Gasteiger partial charge < -0.3 is 14.8 Å². The summed E-state index contributed by atoms with van der Waals surface area (Å²) in [7, 11) is 2.76. The largest absolute Gasteiger partial charge is 0.496 e. The van der Waals surface area contributed by atoms with Crippen molar-refractivity contribution in [3.05, 3.63) is 57.6 Å². The number of benzene rings is 2. The predicted octanol–water partition coefficient (Wildman–Crippen LogP) is 5.24. The molecule has 148 valence electrons. The second kappa shape index (κ2) is 8.41. The zero-order chi connectivity index (χ0) is 20.3. The van der Waals surface area contributed by atoms with E-state index in [1.165, 1.54) is 14.2 Å². The average Bonchev–Trinajstić information content (AvgIpc) is 3.18. The van der Waals surface area contributed by atoms with Crippen LogP contribution < -0.4 is 10.1 Å². The van der Waals surface area contributed by atoms with Gasteiger partial charge in [0.1, 0.15) is 11.3 Å². The molecule has 3 rings (SSSR count). The normalized spacial score (nSPS) is 15.1. The molecular formula is C21H21Cl2NO4. The first-order valence-corrected chi connectivity index (χ1v) is 9.70. The number of hydrogen-bond acceptors (Lipinski definition) is 4. The molecule has 0 aromatic heterocycles. The Morgan fingerprint density at radius 2 is 1.75 bits per heavy atom. The highest BCUT2D eigenvalue weighted by Gasteiger charge is 2.44. The number of hydrogen-bond donors (Lipinski definition) is 1. The molecule has 28 heavy (non-hydrogen) atoms. The minimum Gasteiger partial charge on any atom is -0.496 e. The molecule has 0 unspecified atom stereocenters. The van der Waals surface area contributed by atoms with Gasteiger partial charge in [0.25, 0.3) is 0 Å². The smallest absolute Gasteiger partial charge is 0.341 e. The fourth-order valence-electron chi connectivity index (χ4n) is 3.78. The van der Waals surface area contributed by atoms with Crippen molar-refractivity contribution < 1.29 is 19.1 Å². The molecule has 5 nitrogen and oxygen atoms in total. The summed E-state index contributed by atoms with van der Waals surface area (Å²) in [5, 5.41) is 3.95. The quantitative estimate of drug-likeness (QED) is 0.670. The SMILES string of the molecule is COC(=O)c1cc(NC(=O)C2(c3ccc(Cl)cc3Cl)CCCC2)ccc1OC. The standard InChI is InChI=1S/C21H21Cl2NO4/c1-27-18-8-6-14(12-15(18)19(25)28-2)24-20(26)21(9-3-4-10-21)16-7-5-13(22)11-17(16)23/h5-8,11-12H,3-4,9-10H2,1-2H3,(H,24,26). The summed E-state index contributed by atoms with van der Waals surface area (Å²) in [6.07, 6.45) is 3.26. The molecule has 7 heteroatoms. The molecule has 1 aliphatic carbocycles. The van der Waals surface area contributed by atoms with E-state index in [2.05, 4.69) is 5.32 Å². The Morgan fingerprint density at radius 1 is 1.04 bits per heavy atom. The van der Waals surface area contributed by atoms with Crippen LogP contribution in [0, 0.1) is 0 Å². The number of carbonyl (C=O) groups excluding carboxylic acids is 2. The monoisotopic (exact) mass is 421 g/mol. The highest BCUT2D eigenvalue weighted by molar-refractivity contribution is 6.35. The molecule has 2 aromatic carbocycles. The van der Waals surface area contributed by atoms with Crippen molar-refractivity contribution in [2.45, 2.75) is 31.1 Å². The van der Waals surface area contributed by atoms with Crippen molar-refractivity contribution in [1.82, 2.24) is 0 Å². The molecule has 1 amide bonds. The van der Waals surface area contributed by atoms with Gasteiger partial charge in [-0.15, -0.1) is 0 Å². The molecule has 0 spiro atoms. The minimum atomic E-state index is -0.729. The third-order valence-corrected chi connectivity index (χ3v) is 5.75. The van der Waals surface area contributed by atoms with Crippen LogP contribution in [-0.2, 0) is 14.9 Å². The van der Waals surface area contributed by atoms with Gasteiger partial charge in [0.05, 0.1) is 19.6 Å². The second-order valence-electron chi connectivity index (χ2n) is 6.77. The summed E-state index contributed by atoms with van der Waals surface area (Å²) in [4.78, 5) is 25.3. The molecule has 1 aliphatic rings. The minimum absolute atomic E-state index is 0.157. The first-order chi connectivity index (χ1) is 13.4. The van der Waals surface area contributed by atoms with Gasteiger partial charge in [0, 0.05) is 15.7 Å². The summed E-state index contributed by atoms with van der Waals surface area (Å²) in [6.45, 7) is 0. The summed E-state index contributed by atoms with van der Waals surface area (Å²) < 4.78 is 9.99. The number of amides is 1. The number of carbonyl (C=O) groups is 2. The number of ether oxygens (including phenoxy) is 2. The average molecular weight is 422 g/mol. The van der Waals surface area contributed by atoms with Crippen LogP contribution in [0.1, 0.15) is 41.6 Å². The number of anilines is 1. The van der Waals surface area contributed by atoms with Crippen molar-refractivity contribution in [3.63, 3.8) is 0 Å². The number of nitrogens with one attached hydrogen (secondary N) is 1. The van der Waals surface area contributed by atoms with E-state index in [9.17, 15) is 9.59 Å². The highest BCUT2D eigenvalue weighted by Crippen LogP contribution is 2.45. The summed E-state index contributed by atoms with van der Waals surface area (Å²) in [5.74, 6) is -0.319. The van der Waals surface area contributed by atoms with Crippen LogP contribution in [0.3, 0.4) is 0 Å². The summed E-state index contributed by atoms with van der Waals surface area (Å²) >= 11 is 12.5. The Bertz CT molecular complexity index is 907. The molecule has 0 radical (unpaired) electrons. The van der Waals surface area contributed by atoms with Crippen LogP contribution in [0.25, 0.3) is 0 Å². The van der Waals surface area contributed by atoms with Crippen molar-refractivity contribution in [2.24, 2.45) is 0 Å². The van der Waals surface area contributed by atoms with E-state index < -0.39 is 11.4 Å². The van der Waals surface area contributed by atoms with Gasteiger partial charge in [-0.05, 0) is 48.7 Å². The molecule has 0 bridgehead atoms. The number of methoxy groups -OCH3 is 2. The van der Waals surface area contributed by atoms with E-state index in [1.807, 2.05) is 6.07 Å².